The standard InChI is InChI=1S/C18H18N2O2.C5H7NS/c21-17(16-7-3-5-14-4-1-2-6-15(14)16)20-12-9-18(10-13-20)8-11-19-22-18;6-4-5-2-1-3-7-5/h1-7,11H,8-10,12-13H2;1-3H,4,6H2. The summed E-state index contributed by atoms with van der Waals surface area (Å²) in [6.07, 6.45) is 4.40. The molecule has 2 N–H and O–H groups in total. The molecular formula is C23H25N3O2S. The molecule has 1 spiro atoms. The van der Waals surface area contributed by atoms with Gasteiger partial charge in [0, 0.05) is 55.6 Å². The average molecular weight is 408 g/mol. The average Bonchev–Trinajstić information content (AvgIpc) is 3.46. The molecule has 1 aromatic heterocycles. The Morgan fingerprint density at radius 1 is 1.10 bits per heavy atom. The van der Waals surface area contributed by atoms with Crippen molar-refractivity contribution in [3.05, 3.63) is 70.4 Å². The lowest BCUT2D eigenvalue weighted by atomic mass is 9.88. The fraction of sp³-hybridized carbons (Fsp3) is 0.304. The summed E-state index contributed by atoms with van der Waals surface area (Å²) in [7, 11) is 0. The second-order valence-corrected chi connectivity index (χ2v) is 8.40. The first-order valence-electron chi connectivity index (χ1n) is 9.90. The van der Waals surface area contributed by atoms with Gasteiger partial charge < -0.3 is 15.5 Å². The van der Waals surface area contributed by atoms with E-state index in [-0.39, 0.29) is 11.5 Å². The van der Waals surface area contributed by atoms with Crippen molar-refractivity contribution in [3.8, 4) is 0 Å². The summed E-state index contributed by atoms with van der Waals surface area (Å²) >= 11 is 1.70. The van der Waals surface area contributed by atoms with Gasteiger partial charge in [-0.05, 0) is 28.3 Å². The van der Waals surface area contributed by atoms with E-state index in [1.165, 1.54) is 4.88 Å². The number of oxime groups is 1. The number of carbonyl (C=O) groups excluding carboxylic acids is 1. The van der Waals surface area contributed by atoms with Crippen LogP contribution >= 0.6 is 11.3 Å². The van der Waals surface area contributed by atoms with E-state index >= 15 is 0 Å². The van der Waals surface area contributed by atoms with Crippen LogP contribution in [0.15, 0.2) is 65.1 Å². The van der Waals surface area contributed by atoms with Crippen LogP contribution in [0.3, 0.4) is 0 Å². The Morgan fingerprint density at radius 3 is 2.55 bits per heavy atom. The molecule has 5 nitrogen and oxygen atoms in total. The number of benzene rings is 2. The van der Waals surface area contributed by atoms with Crippen molar-refractivity contribution in [2.75, 3.05) is 13.1 Å². The third kappa shape index (κ3) is 4.33. The molecule has 2 aliphatic rings. The summed E-state index contributed by atoms with van der Waals surface area (Å²) in [5, 5.41) is 8.06. The normalized spacial score (nSPS) is 17.1. The lowest BCUT2D eigenvalue weighted by Gasteiger charge is -2.37. The number of carbonyl (C=O) groups is 1. The molecule has 1 saturated heterocycles. The third-order valence-electron chi connectivity index (χ3n) is 5.55. The van der Waals surface area contributed by atoms with Gasteiger partial charge in [-0.2, -0.15) is 0 Å². The molecule has 3 heterocycles. The minimum absolute atomic E-state index is 0.116. The van der Waals surface area contributed by atoms with E-state index in [0.717, 1.165) is 48.7 Å². The van der Waals surface area contributed by atoms with Gasteiger partial charge in [-0.15, -0.1) is 11.3 Å². The van der Waals surface area contributed by atoms with Gasteiger partial charge in [-0.3, -0.25) is 4.79 Å². The molecule has 1 amide bonds. The highest BCUT2D eigenvalue weighted by atomic mass is 32.1. The molecule has 29 heavy (non-hydrogen) atoms. The summed E-state index contributed by atoms with van der Waals surface area (Å²) in [5.41, 5.74) is 5.94. The minimum atomic E-state index is -0.157. The van der Waals surface area contributed by atoms with E-state index in [1.807, 2.05) is 71.1 Å². The number of nitrogens with zero attached hydrogens (tertiary/aromatic N) is 2. The molecular weight excluding hydrogens is 382 g/mol. The zero-order chi connectivity index (χ0) is 20.1. The van der Waals surface area contributed by atoms with E-state index in [0.29, 0.717) is 6.54 Å². The van der Waals surface area contributed by atoms with Crippen molar-refractivity contribution in [2.24, 2.45) is 10.9 Å². The van der Waals surface area contributed by atoms with E-state index in [1.54, 1.807) is 11.3 Å². The predicted octanol–water partition coefficient (Wildman–Crippen LogP) is 4.43. The zero-order valence-corrected chi connectivity index (χ0v) is 17.1. The first-order valence-corrected chi connectivity index (χ1v) is 10.8. The SMILES string of the molecule is NCc1cccs1.O=C(c1cccc2ccccc12)N1CCC2(CC=NO2)CC1. The maximum atomic E-state index is 12.9. The Hall–Kier alpha value is -2.70. The van der Waals surface area contributed by atoms with Gasteiger partial charge in [0.25, 0.3) is 5.91 Å². The molecule has 150 valence electrons. The number of fused-ring (bicyclic) bond motifs is 1. The van der Waals surface area contributed by atoms with E-state index < -0.39 is 0 Å². The van der Waals surface area contributed by atoms with Gasteiger partial charge in [0.15, 0.2) is 0 Å². The fourth-order valence-corrected chi connectivity index (χ4v) is 4.40. The number of hydrogen-bond acceptors (Lipinski definition) is 5. The maximum absolute atomic E-state index is 12.9. The monoisotopic (exact) mass is 407 g/mol. The lowest BCUT2D eigenvalue weighted by Crippen LogP contribution is -2.46. The van der Waals surface area contributed by atoms with Crippen LogP contribution in [-0.2, 0) is 11.4 Å². The largest absolute Gasteiger partial charge is 0.389 e. The molecule has 0 radical (unpaired) electrons. The third-order valence-corrected chi connectivity index (χ3v) is 6.45. The topological polar surface area (TPSA) is 67.9 Å². The highest BCUT2D eigenvalue weighted by Gasteiger charge is 2.40. The van der Waals surface area contributed by atoms with Gasteiger partial charge in [-0.25, -0.2) is 0 Å². The number of thiophene rings is 1. The molecule has 1 fully saturated rings. The number of hydrogen-bond donors (Lipinski definition) is 1. The molecule has 0 atom stereocenters. The molecule has 0 bridgehead atoms. The molecule has 3 aromatic rings. The van der Waals surface area contributed by atoms with Gasteiger partial charge in [0.05, 0.1) is 0 Å². The Kier molecular flexibility index (Phi) is 5.92. The minimum Gasteiger partial charge on any atom is -0.389 e. The van der Waals surface area contributed by atoms with Crippen molar-refractivity contribution < 1.29 is 9.63 Å². The van der Waals surface area contributed by atoms with Crippen LogP contribution < -0.4 is 5.73 Å². The first-order chi connectivity index (χ1) is 14.2. The highest BCUT2D eigenvalue weighted by molar-refractivity contribution is 7.09. The molecule has 2 aromatic carbocycles. The van der Waals surface area contributed by atoms with Crippen LogP contribution in [-0.4, -0.2) is 35.7 Å². The maximum Gasteiger partial charge on any atom is 0.254 e. The number of nitrogens with two attached hydrogens (primary N) is 1. The molecule has 6 heteroatoms. The van der Waals surface area contributed by atoms with E-state index in [4.69, 9.17) is 10.6 Å². The lowest BCUT2D eigenvalue weighted by molar-refractivity contribution is -0.0568. The Labute approximate surface area is 174 Å². The number of rotatable bonds is 2. The summed E-state index contributed by atoms with van der Waals surface area (Å²) in [6.45, 7) is 2.13. The van der Waals surface area contributed by atoms with Gasteiger partial charge in [0.1, 0.15) is 5.60 Å². The number of likely N-dealkylation sites (tertiary alicyclic amines) is 1. The number of amides is 1. The Morgan fingerprint density at radius 2 is 1.90 bits per heavy atom. The van der Waals surface area contributed by atoms with Crippen LogP contribution in [0.25, 0.3) is 10.8 Å². The van der Waals surface area contributed by atoms with Crippen LogP contribution in [0, 0.1) is 0 Å². The van der Waals surface area contributed by atoms with Crippen molar-refractivity contribution in [1.29, 1.82) is 0 Å². The fourth-order valence-electron chi connectivity index (χ4n) is 3.81. The molecule has 0 aliphatic carbocycles. The second-order valence-electron chi connectivity index (χ2n) is 7.37. The van der Waals surface area contributed by atoms with Crippen LogP contribution in [0.4, 0.5) is 0 Å². The van der Waals surface area contributed by atoms with E-state index in [9.17, 15) is 4.79 Å². The summed E-state index contributed by atoms with van der Waals surface area (Å²) in [5.74, 6) is 0.116. The molecule has 2 aliphatic heterocycles. The molecule has 0 unspecified atom stereocenters. The highest BCUT2D eigenvalue weighted by Crippen LogP contribution is 2.33. The van der Waals surface area contributed by atoms with Crippen molar-refractivity contribution in [1.82, 2.24) is 4.90 Å². The predicted molar refractivity (Wildman–Crippen MR) is 118 cm³/mol. The van der Waals surface area contributed by atoms with Crippen LogP contribution in [0.5, 0.6) is 0 Å². The van der Waals surface area contributed by atoms with Crippen molar-refractivity contribution >= 4 is 34.2 Å². The Bertz CT molecular complexity index is 977. The summed E-state index contributed by atoms with van der Waals surface area (Å²) in [6, 6.07) is 18.0. The zero-order valence-electron chi connectivity index (χ0n) is 16.3. The smallest absolute Gasteiger partial charge is 0.254 e. The molecule has 5 rings (SSSR count). The van der Waals surface area contributed by atoms with Crippen LogP contribution in [0.2, 0.25) is 0 Å². The second kappa shape index (κ2) is 8.76. The molecule has 0 saturated carbocycles. The van der Waals surface area contributed by atoms with Gasteiger partial charge >= 0.3 is 0 Å². The van der Waals surface area contributed by atoms with Crippen molar-refractivity contribution in [2.45, 2.75) is 31.4 Å². The van der Waals surface area contributed by atoms with Gasteiger partial charge in [0.2, 0.25) is 0 Å². The quantitative estimate of drug-likeness (QED) is 0.683. The Balaban J connectivity index is 0.000000249. The van der Waals surface area contributed by atoms with Crippen molar-refractivity contribution in [3.63, 3.8) is 0 Å². The van der Waals surface area contributed by atoms with Crippen LogP contribution in [0.1, 0.15) is 34.5 Å². The van der Waals surface area contributed by atoms with Gasteiger partial charge in [-0.1, -0.05) is 47.6 Å². The first kappa shape index (κ1) is 19.6. The number of piperidine rings is 1. The van der Waals surface area contributed by atoms with E-state index in [2.05, 4.69) is 5.16 Å². The summed E-state index contributed by atoms with van der Waals surface area (Å²) in [4.78, 5) is 21.6. The summed E-state index contributed by atoms with van der Waals surface area (Å²) < 4.78 is 0.